The molecule has 138 valence electrons. The lowest BCUT2D eigenvalue weighted by molar-refractivity contribution is -0.136. The Bertz CT molecular complexity index is 763. The first-order valence-electron chi connectivity index (χ1n) is 9.52. The van der Waals surface area contributed by atoms with Gasteiger partial charge in [0.15, 0.2) is 0 Å². The Morgan fingerprint density at radius 1 is 1.15 bits per heavy atom. The van der Waals surface area contributed by atoms with Crippen molar-refractivity contribution in [3.63, 3.8) is 0 Å². The molecule has 0 bridgehead atoms. The van der Waals surface area contributed by atoms with E-state index in [-0.39, 0.29) is 5.92 Å². The zero-order chi connectivity index (χ0) is 17.9. The topological polar surface area (TPSA) is 71.0 Å². The van der Waals surface area contributed by atoms with E-state index >= 15 is 0 Å². The van der Waals surface area contributed by atoms with Crippen molar-refractivity contribution in [3.05, 3.63) is 28.9 Å². The summed E-state index contributed by atoms with van der Waals surface area (Å²) < 4.78 is 0. The molecule has 2 fully saturated rings. The first-order chi connectivity index (χ1) is 12.7. The highest BCUT2D eigenvalue weighted by atomic mass is 32.1. The van der Waals surface area contributed by atoms with Crippen LogP contribution in [-0.2, 0) is 4.79 Å². The number of nitrogens with one attached hydrogen (secondary N) is 1. The minimum Gasteiger partial charge on any atom is -0.342 e. The van der Waals surface area contributed by atoms with Gasteiger partial charge in [0, 0.05) is 30.6 Å². The fraction of sp³-hybridized carbons (Fsp3) is 0.579. The van der Waals surface area contributed by atoms with Crippen molar-refractivity contribution in [1.82, 2.24) is 20.1 Å². The maximum atomic E-state index is 12.6. The number of anilines is 2. The number of aryl methyl sites for hydroxylation is 1. The molecule has 2 aromatic heterocycles. The van der Waals surface area contributed by atoms with E-state index in [2.05, 4.69) is 26.5 Å². The molecule has 1 aliphatic heterocycles. The summed E-state index contributed by atoms with van der Waals surface area (Å²) in [6.07, 6.45) is 6.58. The molecule has 2 aromatic rings. The van der Waals surface area contributed by atoms with Crippen molar-refractivity contribution in [2.75, 3.05) is 18.4 Å². The summed E-state index contributed by atoms with van der Waals surface area (Å²) in [5.41, 5.74) is 1.10. The minimum absolute atomic E-state index is 0.285. The van der Waals surface area contributed by atoms with Gasteiger partial charge in [-0.1, -0.05) is 30.2 Å². The van der Waals surface area contributed by atoms with E-state index in [9.17, 15) is 4.79 Å². The van der Waals surface area contributed by atoms with Crippen molar-refractivity contribution in [2.45, 2.75) is 51.4 Å². The molecule has 0 aromatic carbocycles. The largest absolute Gasteiger partial charge is 0.342 e. The van der Waals surface area contributed by atoms with E-state index in [0.717, 1.165) is 60.4 Å². The van der Waals surface area contributed by atoms with Crippen molar-refractivity contribution in [1.29, 1.82) is 0 Å². The van der Waals surface area contributed by atoms with Gasteiger partial charge in [-0.05, 0) is 44.7 Å². The van der Waals surface area contributed by atoms with Crippen LogP contribution >= 0.6 is 11.3 Å². The maximum absolute atomic E-state index is 12.6. The molecule has 0 unspecified atom stereocenters. The predicted molar refractivity (Wildman–Crippen MR) is 103 cm³/mol. The molecule has 1 saturated heterocycles. The number of pyridine rings is 1. The van der Waals surface area contributed by atoms with E-state index < -0.39 is 0 Å². The van der Waals surface area contributed by atoms with Gasteiger partial charge >= 0.3 is 0 Å². The molecule has 0 radical (unpaired) electrons. The number of aromatic nitrogens is 3. The Labute approximate surface area is 158 Å². The highest BCUT2D eigenvalue weighted by molar-refractivity contribution is 7.15. The van der Waals surface area contributed by atoms with E-state index in [1.54, 1.807) is 0 Å². The van der Waals surface area contributed by atoms with Gasteiger partial charge in [-0.2, -0.15) is 0 Å². The van der Waals surface area contributed by atoms with Crippen molar-refractivity contribution >= 4 is 28.2 Å². The van der Waals surface area contributed by atoms with E-state index in [1.807, 2.05) is 19.1 Å². The fourth-order valence-electron chi connectivity index (χ4n) is 4.03. The molecule has 0 spiro atoms. The first kappa shape index (κ1) is 17.4. The minimum atomic E-state index is 0.285. The van der Waals surface area contributed by atoms with Gasteiger partial charge in [-0.15, -0.1) is 10.2 Å². The molecule has 2 aliphatic rings. The number of amides is 1. The lowest BCUT2D eigenvalue weighted by Gasteiger charge is -2.33. The zero-order valence-electron chi connectivity index (χ0n) is 15.1. The molecule has 7 heteroatoms. The van der Waals surface area contributed by atoms with Gasteiger partial charge in [0.25, 0.3) is 0 Å². The average Bonchev–Trinajstić information content (AvgIpc) is 3.34. The molecular weight excluding hydrogens is 346 g/mol. The van der Waals surface area contributed by atoms with Gasteiger partial charge < -0.3 is 10.2 Å². The molecular formula is C19H25N5OS. The van der Waals surface area contributed by atoms with Crippen molar-refractivity contribution < 1.29 is 4.79 Å². The number of hydrogen-bond acceptors (Lipinski definition) is 6. The first-order valence-corrected chi connectivity index (χ1v) is 10.3. The second kappa shape index (κ2) is 7.70. The third kappa shape index (κ3) is 3.87. The summed E-state index contributed by atoms with van der Waals surface area (Å²) >= 11 is 1.52. The van der Waals surface area contributed by atoms with E-state index in [0.29, 0.717) is 11.8 Å². The highest BCUT2D eigenvalue weighted by Crippen LogP contribution is 2.31. The molecule has 26 heavy (non-hydrogen) atoms. The Morgan fingerprint density at radius 2 is 1.92 bits per heavy atom. The van der Waals surface area contributed by atoms with Gasteiger partial charge in [0.05, 0.1) is 0 Å². The van der Waals surface area contributed by atoms with Crippen LogP contribution in [-0.4, -0.2) is 39.1 Å². The van der Waals surface area contributed by atoms with Crippen LogP contribution in [0.3, 0.4) is 0 Å². The summed E-state index contributed by atoms with van der Waals surface area (Å²) in [6, 6.07) is 6.09. The van der Waals surface area contributed by atoms with Gasteiger partial charge in [0.1, 0.15) is 10.8 Å². The van der Waals surface area contributed by atoms with Crippen LogP contribution in [0.25, 0.3) is 0 Å². The van der Waals surface area contributed by atoms with Gasteiger partial charge in [0.2, 0.25) is 11.0 Å². The van der Waals surface area contributed by atoms with Crippen molar-refractivity contribution in [3.8, 4) is 0 Å². The quantitative estimate of drug-likeness (QED) is 0.883. The number of carbonyl (C=O) groups excluding carboxylic acids is 1. The smallest absolute Gasteiger partial charge is 0.225 e. The summed E-state index contributed by atoms with van der Waals surface area (Å²) in [5, 5.41) is 13.1. The average molecular weight is 372 g/mol. The number of piperidine rings is 1. The predicted octanol–water partition coefficient (Wildman–Crippen LogP) is 3.88. The lowest BCUT2D eigenvalue weighted by Crippen LogP contribution is -2.40. The molecule has 1 N–H and O–H groups in total. The second-order valence-corrected chi connectivity index (χ2v) is 8.46. The summed E-state index contributed by atoms with van der Waals surface area (Å²) in [5.74, 6) is 1.90. The summed E-state index contributed by atoms with van der Waals surface area (Å²) in [4.78, 5) is 19.4. The second-order valence-electron chi connectivity index (χ2n) is 7.28. The lowest BCUT2D eigenvalue weighted by atomic mass is 9.92. The van der Waals surface area contributed by atoms with Crippen LogP contribution in [0.4, 0.5) is 10.9 Å². The number of carbonyl (C=O) groups is 1. The third-order valence-corrected chi connectivity index (χ3v) is 6.22. The fourth-order valence-corrected chi connectivity index (χ4v) is 4.63. The molecule has 1 saturated carbocycles. The standard InChI is InChI=1S/C19H25N5OS/c1-13-22-23-19(26-13)21-17-8-4-7-16(20-17)14-9-11-24(12-10-14)18(25)15-5-2-3-6-15/h4,7-8,14-15H,2-3,5-6,9-12H2,1H3,(H,20,21,23). The Morgan fingerprint density at radius 3 is 2.62 bits per heavy atom. The molecule has 6 nitrogen and oxygen atoms in total. The van der Waals surface area contributed by atoms with Crippen LogP contribution in [0, 0.1) is 12.8 Å². The number of nitrogens with zero attached hydrogens (tertiary/aromatic N) is 4. The van der Waals surface area contributed by atoms with Crippen LogP contribution in [0.1, 0.15) is 55.1 Å². The Balaban J connectivity index is 1.36. The number of hydrogen-bond donors (Lipinski definition) is 1. The van der Waals surface area contributed by atoms with Crippen LogP contribution in [0.5, 0.6) is 0 Å². The third-order valence-electron chi connectivity index (χ3n) is 5.46. The number of likely N-dealkylation sites (tertiary alicyclic amines) is 1. The van der Waals surface area contributed by atoms with E-state index in [1.165, 1.54) is 24.2 Å². The van der Waals surface area contributed by atoms with Crippen molar-refractivity contribution in [2.24, 2.45) is 5.92 Å². The highest BCUT2D eigenvalue weighted by Gasteiger charge is 2.30. The van der Waals surface area contributed by atoms with Crippen LogP contribution in [0.15, 0.2) is 18.2 Å². The van der Waals surface area contributed by atoms with Gasteiger partial charge in [-0.3, -0.25) is 4.79 Å². The monoisotopic (exact) mass is 371 g/mol. The summed E-state index contributed by atoms with van der Waals surface area (Å²) in [6.45, 7) is 3.65. The summed E-state index contributed by atoms with van der Waals surface area (Å²) in [7, 11) is 0. The van der Waals surface area contributed by atoms with Crippen LogP contribution < -0.4 is 5.32 Å². The Hall–Kier alpha value is -2.02. The molecule has 3 heterocycles. The van der Waals surface area contributed by atoms with E-state index in [4.69, 9.17) is 4.98 Å². The zero-order valence-corrected chi connectivity index (χ0v) is 16.0. The Kier molecular flexibility index (Phi) is 5.15. The number of rotatable bonds is 4. The van der Waals surface area contributed by atoms with Crippen LogP contribution in [0.2, 0.25) is 0 Å². The molecule has 0 atom stereocenters. The molecule has 1 amide bonds. The maximum Gasteiger partial charge on any atom is 0.225 e. The molecule has 4 rings (SSSR count). The normalized spacial score (nSPS) is 19.0. The molecule has 1 aliphatic carbocycles. The SMILES string of the molecule is Cc1nnc(Nc2cccc(C3CCN(C(=O)C4CCCC4)CC3)n2)s1. The van der Waals surface area contributed by atoms with Gasteiger partial charge in [-0.25, -0.2) is 4.98 Å².